The van der Waals surface area contributed by atoms with Crippen molar-refractivity contribution in [3.05, 3.63) is 11.7 Å². The highest BCUT2D eigenvalue weighted by Crippen LogP contribution is 2.23. The largest absolute Gasteiger partial charge is 0.383 e. The van der Waals surface area contributed by atoms with Crippen LogP contribution in [0, 0.1) is 0 Å². The molecule has 1 N–H and O–H groups in total. The van der Waals surface area contributed by atoms with Gasteiger partial charge in [0.2, 0.25) is 23.4 Å². The summed E-state index contributed by atoms with van der Waals surface area (Å²) in [5.74, 6) is 0.0998. The summed E-state index contributed by atoms with van der Waals surface area (Å²) in [5.41, 5.74) is -0.646. The molecule has 1 saturated heterocycles. The molecule has 0 bridgehead atoms. The van der Waals surface area contributed by atoms with Gasteiger partial charge < -0.3 is 19.5 Å². The molecule has 0 spiro atoms. The van der Waals surface area contributed by atoms with Crippen molar-refractivity contribution in [2.75, 3.05) is 26.8 Å². The highest BCUT2D eigenvalue weighted by Gasteiger charge is 2.37. The minimum atomic E-state index is -0.528. The number of aromatic nitrogens is 2. The molecule has 1 amide bonds. The van der Waals surface area contributed by atoms with Gasteiger partial charge in [-0.05, 0) is 26.7 Å². The number of methoxy groups -OCH3 is 1. The van der Waals surface area contributed by atoms with E-state index in [4.69, 9.17) is 9.26 Å². The van der Waals surface area contributed by atoms with Crippen molar-refractivity contribution in [2.24, 2.45) is 0 Å². The second kappa shape index (κ2) is 7.84. The maximum Gasteiger partial charge on any atom is 0.240 e. The van der Waals surface area contributed by atoms with Crippen LogP contribution in [-0.2, 0) is 14.9 Å². The number of rotatable bonds is 7. The predicted molar refractivity (Wildman–Crippen MR) is 96.0 cm³/mol. The van der Waals surface area contributed by atoms with Crippen LogP contribution in [0.3, 0.4) is 0 Å². The number of ether oxygens (including phenoxy) is 1. The fourth-order valence-electron chi connectivity index (χ4n) is 2.94. The van der Waals surface area contributed by atoms with E-state index in [9.17, 15) is 9.59 Å². The number of nitrogens with zero attached hydrogens (tertiary/aromatic N) is 3. The topological polar surface area (TPSA) is 97.6 Å². The van der Waals surface area contributed by atoms with Gasteiger partial charge in [-0.3, -0.25) is 9.59 Å². The van der Waals surface area contributed by atoms with E-state index in [1.807, 2.05) is 34.6 Å². The van der Waals surface area contributed by atoms with Crippen LogP contribution in [0.5, 0.6) is 0 Å². The third-order valence-corrected chi connectivity index (χ3v) is 4.39. The predicted octanol–water partition coefficient (Wildman–Crippen LogP) is 1.56. The summed E-state index contributed by atoms with van der Waals surface area (Å²) < 4.78 is 10.4. The molecule has 0 aliphatic carbocycles. The summed E-state index contributed by atoms with van der Waals surface area (Å²) in [7, 11) is 1.62. The molecule has 1 atom stereocenters. The zero-order valence-electron chi connectivity index (χ0n) is 16.6. The highest BCUT2D eigenvalue weighted by atomic mass is 16.5. The summed E-state index contributed by atoms with van der Waals surface area (Å²) in [6.45, 7) is 10.9. The summed E-state index contributed by atoms with van der Waals surface area (Å²) in [4.78, 5) is 31.2. The van der Waals surface area contributed by atoms with Crippen molar-refractivity contribution in [1.29, 1.82) is 0 Å². The lowest BCUT2D eigenvalue weighted by Gasteiger charge is -2.28. The van der Waals surface area contributed by atoms with Crippen LogP contribution in [0.2, 0.25) is 0 Å². The van der Waals surface area contributed by atoms with E-state index in [0.717, 1.165) is 6.42 Å². The lowest BCUT2D eigenvalue weighted by molar-refractivity contribution is -0.130. The second-order valence-electron chi connectivity index (χ2n) is 8.45. The van der Waals surface area contributed by atoms with Crippen LogP contribution in [-0.4, -0.2) is 65.1 Å². The highest BCUT2D eigenvalue weighted by molar-refractivity contribution is 5.99. The van der Waals surface area contributed by atoms with Crippen LogP contribution in [0.15, 0.2) is 4.52 Å². The number of ketones is 1. The first-order chi connectivity index (χ1) is 12.0. The minimum Gasteiger partial charge on any atom is -0.383 e. The van der Waals surface area contributed by atoms with E-state index in [-0.39, 0.29) is 35.0 Å². The van der Waals surface area contributed by atoms with Gasteiger partial charge in [0.25, 0.3) is 0 Å². The van der Waals surface area contributed by atoms with Crippen molar-refractivity contribution in [1.82, 2.24) is 20.4 Å². The molecule has 26 heavy (non-hydrogen) atoms. The van der Waals surface area contributed by atoms with Crippen molar-refractivity contribution in [3.63, 3.8) is 0 Å². The van der Waals surface area contributed by atoms with Crippen molar-refractivity contribution >= 4 is 11.7 Å². The average Bonchev–Trinajstić information content (AvgIpc) is 3.20. The molecule has 8 heteroatoms. The maximum atomic E-state index is 12.8. The fourth-order valence-corrected chi connectivity index (χ4v) is 2.94. The van der Waals surface area contributed by atoms with Crippen LogP contribution < -0.4 is 5.32 Å². The summed E-state index contributed by atoms with van der Waals surface area (Å²) in [5, 5.41) is 7.01. The Balaban J connectivity index is 2.03. The monoisotopic (exact) mass is 366 g/mol. The summed E-state index contributed by atoms with van der Waals surface area (Å²) in [6.07, 6.45) is 1.40. The van der Waals surface area contributed by atoms with E-state index in [0.29, 0.717) is 25.5 Å². The molecule has 0 aromatic carbocycles. The molecule has 2 heterocycles. The Morgan fingerprint density at radius 3 is 2.58 bits per heavy atom. The van der Waals surface area contributed by atoms with Gasteiger partial charge in [0.1, 0.15) is 0 Å². The first-order valence-electron chi connectivity index (χ1n) is 8.97. The van der Waals surface area contributed by atoms with Gasteiger partial charge in [-0.2, -0.15) is 4.98 Å². The van der Waals surface area contributed by atoms with E-state index in [2.05, 4.69) is 15.5 Å². The molecule has 0 saturated carbocycles. The van der Waals surface area contributed by atoms with E-state index >= 15 is 0 Å². The molecule has 8 nitrogen and oxygen atoms in total. The normalized spacial score (nSPS) is 18.4. The Morgan fingerprint density at radius 2 is 2.00 bits per heavy atom. The third-order valence-electron chi connectivity index (χ3n) is 4.39. The quantitative estimate of drug-likeness (QED) is 0.731. The van der Waals surface area contributed by atoms with Crippen molar-refractivity contribution in [2.45, 2.75) is 64.5 Å². The Bertz CT molecular complexity index is 648. The lowest BCUT2D eigenvalue weighted by Crippen LogP contribution is -2.50. The van der Waals surface area contributed by atoms with E-state index < -0.39 is 6.04 Å². The fraction of sp³-hybridized carbons (Fsp3) is 0.778. The number of amides is 1. The molecule has 0 radical (unpaired) electrons. The van der Waals surface area contributed by atoms with Gasteiger partial charge in [-0.25, -0.2) is 0 Å². The SMILES string of the molecule is COCC(C)(C)NCC(=O)N1CCCC1C(=O)c1noc(C(C)(C)C)n1. The van der Waals surface area contributed by atoms with Gasteiger partial charge in [0.05, 0.1) is 19.2 Å². The number of likely N-dealkylation sites (tertiary alicyclic amines) is 1. The molecule has 146 valence electrons. The molecule has 1 aromatic rings. The number of carbonyl (C=O) groups excluding carboxylic acids is 2. The van der Waals surface area contributed by atoms with Crippen LogP contribution in [0.25, 0.3) is 0 Å². The van der Waals surface area contributed by atoms with Gasteiger partial charge in [-0.1, -0.05) is 25.9 Å². The molecule has 2 rings (SSSR count). The minimum absolute atomic E-state index is 0.0484. The molecule has 1 aliphatic heterocycles. The Morgan fingerprint density at radius 1 is 1.31 bits per heavy atom. The summed E-state index contributed by atoms with van der Waals surface area (Å²) >= 11 is 0. The molecule has 1 aromatic heterocycles. The second-order valence-corrected chi connectivity index (χ2v) is 8.45. The molecular weight excluding hydrogens is 336 g/mol. The summed E-state index contributed by atoms with van der Waals surface area (Å²) in [6, 6.07) is -0.528. The van der Waals surface area contributed by atoms with E-state index in [1.165, 1.54) is 0 Å². The van der Waals surface area contributed by atoms with Crippen molar-refractivity contribution < 1.29 is 18.8 Å². The average molecular weight is 366 g/mol. The van der Waals surface area contributed by atoms with Gasteiger partial charge in [-0.15, -0.1) is 0 Å². The smallest absolute Gasteiger partial charge is 0.240 e. The van der Waals surface area contributed by atoms with Gasteiger partial charge in [0, 0.05) is 24.6 Å². The molecule has 1 aliphatic rings. The number of hydrogen-bond donors (Lipinski definition) is 1. The van der Waals surface area contributed by atoms with Crippen molar-refractivity contribution in [3.8, 4) is 0 Å². The maximum absolute atomic E-state index is 12.8. The number of nitrogens with one attached hydrogen (secondary N) is 1. The molecule has 1 unspecified atom stereocenters. The zero-order valence-corrected chi connectivity index (χ0v) is 16.6. The number of hydrogen-bond acceptors (Lipinski definition) is 7. The third kappa shape index (κ3) is 4.88. The van der Waals surface area contributed by atoms with Crippen LogP contribution in [0.1, 0.15) is 64.0 Å². The van der Waals surface area contributed by atoms with Crippen LogP contribution >= 0.6 is 0 Å². The molecular formula is C18H30N4O4. The standard InChI is InChI=1S/C18H30N4O4/c1-17(2,3)16-20-15(21-26-16)14(24)12-8-7-9-22(12)13(23)10-19-18(4,5)11-25-6/h12,19H,7-11H2,1-6H3. The Kier molecular flexibility index (Phi) is 6.18. The van der Waals surface area contributed by atoms with Crippen LogP contribution in [0.4, 0.5) is 0 Å². The number of carbonyl (C=O) groups is 2. The zero-order chi connectivity index (χ0) is 19.5. The van der Waals surface area contributed by atoms with E-state index in [1.54, 1.807) is 12.0 Å². The first-order valence-corrected chi connectivity index (χ1v) is 8.97. The van der Waals surface area contributed by atoms with Gasteiger partial charge in [0.15, 0.2) is 0 Å². The Labute approximate surface area is 154 Å². The van der Waals surface area contributed by atoms with Gasteiger partial charge >= 0.3 is 0 Å². The molecule has 1 fully saturated rings. The number of Topliss-reactive ketones (excluding diaryl/α,β-unsaturated/α-hetero) is 1. The first kappa shape index (κ1) is 20.5. The Hall–Kier alpha value is -1.80. The lowest BCUT2D eigenvalue weighted by atomic mass is 9.97.